The number of fused-ring (bicyclic) bond motifs is 1. The zero-order valence-corrected chi connectivity index (χ0v) is 14.1. The van der Waals surface area contributed by atoms with Crippen LogP contribution < -0.4 is 5.73 Å². The minimum absolute atomic E-state index is 0.0539. The molecule has 5 nitrogen and oxygen atoms in total. The Kier molecular flexibility index (Phi) is 6.57. The second-order valence-corrected chi connectivity index (χ2v) is 6.56. The first-order valence-electron chi connectivity index (χ1n) is 8.37. The van der Waals surface area contributed by atoms with Gasteiger partial charge in [0.05, 0.1) is 25.4 Å². The molecular formula is C18H28N2O3. The summed E-state index contributed by atoms with van der Waals surface area (Å²) in [7, 11) is 0. The van der Waals surface area contributed by atoms with Gasteiger partial charge < -0.3 is 15.6 Å². The molecule has 2 rings (SSSR count). The van der Waals surface area contributed by atoms with E-state index in [1.807, 2.05) is 24.8 Å². The molecule has 128 valence electrons. The summed E-state index contributed by atoms with van der Waals surface area (Å²) in [5, 5.41) is 10.2. The van der Waals surface area contributed by atoms with Gasteiger partial charge in [-0.25, -0.2) is 0 Å². The Morgan fingerprint density at radius 2 is 2.17 bits per heavy atom. The molecule has 0 saturated heterocycles. The summed E-state index contributed by atoms with van der Waals surface area (Å²) in [4.78, 5) is 13.0. The molecule has 23 heavy (non-hydrogen) atoms. The van der Waals surface area contributed by atoms with Gasteiger partial charge in [0.2, 0.25) is 5.91 Å². The van der Waals surface area contributed by atoms with Gasteiger partial charge in [-0.1, -0.05) is 24.3 Å². The smallest absolute Gasteiger partial charge is 0.231 e. The van der Waals surface area contributed by atoms with Crippen LogP contribution in [0.25, 0.3) is 0 Å². The third-order valence-electron chi connectivity index (χ3n) is 4.34. The first-order valence-corrected chi connectivity index (χ1v) is 8.37. The number of amides is 1. The number of nitrogens with two attached hydrogens (primary N) is 1. The van der Waals surface area contributed by atoms with Gasteiger partial charge in [-0.05, 0) is 44.2 Å². The predicted octanol–water partition coefficient (Wildman–Crippen LogP) is 1.64. The maximum Gasteiger partial charge on any atom is 0.231 e. The third-order valence-corrected chi connectivity index (χ3v) is 4.34. The van der Waals surface area contributed by atoms with E-state index in [2.05, 4.69) is 18.2 Å². The van der Waals surface area contributed by atoms with E-state index in [0.29, 0.717) is 6.54 Å². The summed E-state index contributed by atoms with van der Waals surface area (Å²) in [5.41, 5.74) is 7.84. The number of primary amides is 1. The average molecular weight is 320 g/mol. The number of nitrogens with zero attached hydrogens (tertiary/aromatic N) is 1. The Morgan fingerprint density at radius 3 is 2.87 bits per heavy atom. The first kappa shape index (κ1) is 17.9. The summed E-state index contributed by atoms with van der Waals surface area (Å²) in [6.07, 6.45) is 2.61. The van der Waals surface area contributed by atoms with Crippen molar-refractivity contribution in [2.75, 3.05) is 19.7 Å². The van der Waals surface area contributed by atoms with Crippen molar-refractivity contribution in [3.63, 3.8) is 0 Å². The van der Waals surface area contributed by atoms with Crippen molar-refractivity contribution in [2.24, 2.45) is 5.73 Å². The zero-order chi connectivity index (χ0) is 16.8. The van der Waals surface area contributed by atoms with E-state index in [1.54, 1.807) is 0 Å². The van der Waals surface area contributed by atoms with Crippen LogP contribution in [0.15, 0.2) is 24.3 Å². The summed E-state index contributed by atoms with van der Waals surface area (Å²) in [6.45, 7) is 4.76. The van der Waals surface area contributed by atoms with Gasteiger partial charge in [-0.2, -0.15) is 0 Å². The van der Waals surface area contributed by atoms with Crippen molar-refractivity contribution in [2.45, 2.75) is 51.4 Å². The molecule has 0 fully saturated rings. The Labute approximate surface area is 138 Å². The van der Waals surface area contributed by atoms with Gasteiger partial charge in [0.15, 0.2) is 0 Å². The van der Waals surface area contributed by atoms with E-state index in [-0.39, 0.29) is 31.2 Å². The largest absolute Gasteiger partial charge is 0.389 e. The first-order chi connectivity index (χ1) is 11.0. The lowest BCUT2D eigenvalue weighted by molar-refractivity contribution is -0.120. The number of hydrogen-bond donors (Lipinski definition) is 2. The van der Waals surface area contributed by atoms with Gasteiger partial charge in [0.25, 0.3) is 0 Å². The van der Waals surface area contributed by atoms with Crippen LogP contribution in [0.5, 0.6) is 0 Å². The Bertz CT molecular complexity index is 519. The van der Waals surface area contributed by atoms with E-state index < -0.39 is 6.10 Å². The van der Waals surface area contributed by atoms with Gasteiger partial charge in [-0.3, -0.25) is 9.69 Å². The molecule has 0 heterocycles. The molecule has 2 unspecified atom stereocenters. The van der Waals surface area contributed by atoms with Crippen molar-refractivity contribution in [3.05, 3.63) is 35.4 Å². The quantitative estimate of drug-likeness (QED) is 0.763. The molecule has 1 aromatic carbocycles. The van der Waals surface area contributed by atoms with Crippen LogP contribution in [0, 0.1) is 0 Å². The van der Waals surface area contributed by atoms with Crippen molar-refractivity contribution >= 4 is 5.91 Å². The predicted molar refractivity (Wildman–Crippen MR) is 90.0 cm³/mol. The van der Waals surface area contributed by atoms with E-state index in [1.165, 1.54) is 11.1 Å². The summed E-state index contributed by atoms with van der Waals surface area (Å²) in [5.74, 6) is -0.381. The van der Waals surface area contributed by atoms with E-state index in [0.717, 1.165) is 19.3 Å². The third kappa shape index (κ3) is 5.30. The second kappa shape index (κ2) is 8.43. The van der Waals surface area contributed by atoms with Gasteiger partial charge in [0, 0.05) is 12.6 Å². The van der Waals surface area contributed by atoms with E-state index >= 15 is 0 Å². The van der Waals surface area contributed by atoms with Crippen LogP contribution in [-0.2, 0) is 16.0 Å². The van der Waals surface area contributed by atoms with Gasteiger partial charge in [0.1, 0.15) is 0 Å². The van der Waals surface area contributed by atoms with Crippen LogP contribution >= 0.6 is 0 Å². The van der Waals surface area contributed by atoms with Crippen molar-refractivity contribution < 1.29 is 14.6 Å². The molecule has 1 amide bonds. The number of aliphatic hydroxyl groups excluding tert-OH is 1. The number of rotatable bonds is 8. The molecule has 0 radical (unpaired) electrons. The Balaban J connectivity index is 1.87. The molecule has 3 N–H and O–H groups in total. The van der Waals surface area contributed by atoms with Crippen LogP contribution in [0.1, 0.15) is 43.9 Å². The minimum Gasteiger partial charge on any atom is -0.389 e. The fourth-order valence-electron chi connectivity index (χ4n) is 3.09. The molecule has 0 saturated carbocycles. The summed E-state index contributed by atoms with van der Waals surface area (Å²) in [6, 6.07) is 8.49. The van der Waals surface area contributed by atoms with E-state index in [9.17, 15) is 9.90 Å². The lowest BCUT2D eigenvalue weighted by atomic mass is 9.89. The maximum atomic E-state index is 11.1. The lowest BCUT2D eigenvalue weighted by Crippen LogP contribution is -2.44. The standard InChI is InChI=1S/C18H28N2O3/c1-13(2)20(11-18(19)22)10-15(21)12-23-17-9-5-7-14-6-3-4-8-16(14)17/h3-4,6,8,13,15,17,21H,5,7,9-12H2,1-2H3,(H2,19,22). The Morgan fingerprint density at radius 1 is 1.43 bits per heavy atom. The highest BCUT2D eigenvalue weighted by atomic mass is 16.5. The lowest BCUT2D eigenvalue weighted by Gasteiger charge is -2.29. The molecule has 1 aliphatic rings. The molecule has 1 aromatic rings. The number of carbonyl (C=O) groups excluding carboxylic acids is 1. The van der Waals surface area contributed by atoms with Crippen molar-refractivity contribution in [1.29, 1.82) is 0 Å². The number of hydrogen-bond acceptors (Lipinski definition) is 4. The molecular weight excluding hydrogens is 292 g/mol. The highest BCUT2D eigenvalue weighted by molar-refractivity contribution is 5.75. The molecule has 0 spiro atoms. The second-order valence-electron chi connectivity index (χ2n) is 6.56. The van der Waals surface area contributed by atoms with Gasteiger partial charge in [-0.15, -0.1) is 0 Å². The summed E-state index contributed by atoms with van der Waals surface area (Å²) < 4.78 is 5.96. The molecule has 1 aliphatic carbocycles. The average Bonchev–Trinajstić information content (AvgIpc) is 2.51. The van der Waals surface area contributed by atoms with Crippen molar-refractivity contribution in [3.8, 4) is 0 Å². The molecule has 2 atom stereocenters. The maximum absolute atomic E-state index is 11.1. The van der Waals surface area contributed by atoms with Crippen LogP contribution in [0.2, 0.25) is 0 Å². The number of benzene rings is 1. The van der Waals surface area contributed by atoms with E-state index in [4.69, 9.17) is 10.5 Å². The molecule has 0 aliphatic heterocycles. The number of aryl methyl sites for hydroxylation is 1. The topological polar surface area (TPSA) is 75.8 Å². The fraction of sp³-hybridized carbons (Fsp3) is 0.611. The SMILES string of the molecule is CC(C)N(CC(N)=O)CC(O)COC1CCCc2ccccc21. The van der Waals surface area contributed by atoms with Gasteiger partial charge >= 0.3 is 0 Å². The Hall–Kier alpha value is -1.43. The molecule has 5 heteroatoms. The van der Waals surface area contributed by atoms with Crippen LogP contribution in [-0.4, -0.2) is 47.8 Å². The molecule has 0 bridgehead atoms. The summed E-state index contributed by atoms with van der Waals surface area (Å²) >= 11 is 0. The normalized spacial score (nSPS) is 18.9. The number of ether oxygens (including phenoxy) is 1. The highest BCUT2D eigenvalue weighted by Crippen LogP contribution is 2.32. The van der Waals surface area contributed by atoms with Crippen LogP contribution in [0.3, 0.4) is 0 Å². The molecule has 0 aromatic heterocycles. The highest BCUT2D eigenvalue weighted by Gasteiger charge is 2.22. The zero-order valence-electron chi connectivity index (χ0n) is 14.1. The monoisotopic (exact) mass is 320 g/mol. The number of carbonyl (C=O) groups is 1. The number of aliphatic hydroxyl groups is 1. The van der Waals surface area contributed by atoms with Crippen molar-refractivity contribution in [1.82, 2.24) is 4.90 Å². The minimum atomic E-state index is -0.633. The fourth-order valence-corrected chi connectivity index (χ4v) is 3.09. The van der Waals surface area contributed by atoms with Crippen LogP contribution in [0.4, 0.5) is 0 Å².